The third-order valence-corrected chi connectivity index (χ3v) is 3.30. The van der Waals surface area contributed by atoms with Crippen molar-refractivity contribution in [2.75, 3.05) is 26.4 Å². The maximum absolute atomic E-state index is 10.0. The Balaban J connectivity index is 1.59. The van der Waals surface area contributed by atoms with Gasteiger partial charge in [-0.1, -0.05) is 0 Å². The first-order valence-electron chi connectivity index (χ1n) is 5.87. The minimum atomic E-state index is -0.628. The van der Waals surface area contributed by atoms with Gasteiger partial charge in [0.25, 0.3) is 0 Å². The van der Waals surface area contributed by atoms with Gasteiger partial charge >= 0.3 is 0 Å². The Bertz CT molecular complexity index is 198. The molecule has 1 unspecified atom stereocenters. The molecule has 0 spiro atoms. The summed E-state index contributed by atoms with van der Waals surface area (Å²) in [7, 11) is 0. The summed E-state index contributed by atoms with van der Waals surface area (Å²) in [4.78, 5) is 0. The summed E-state index contributed by atoms with van der Waals surface area (Å²) in [6.45, 7) is 4.64. The molecule has 1 saturated carbocycles. The van der Waals surface area contributed by atoms with Crippen molar-refractivity contribution in [3.63, 3.8) is 0 Å². The molecule has 0 bridgehead atoms. The summed E-state index contributed by atoms with van der Waals surface area (Å²) in [6, 6.07) is 0.520. The van der Waals surface area contributed by atoms with Crippen LogP contribution in [-0.4, -0.2) is 49.2 Å². The molecule has 4 heteroatoms. The molecule has 0 aromatic heterocycles. The van der Waals surface area contributed by atoms with Gasteiger partial charge in [-0.25, -0.2) is 0 Å². The Morgan fingerprint density at radius 3 is 2.93 bits per heavy atom. The van der Waals surface area contributed by atoms with Gasteiger partial charge in [-0.05, 0) is 19.8 Å². The van der Waals surface area contributed by atoms with Crippen LogP contribution in [0.4, 0.5) is 0 Å². The molecule has 4 nitrogen and oxygen atoms in total. The zero-order valence-corrected chi connectivity index (χ0v) is 9.37. The minimum Gasteiger partial charge on any atom is -0.386 e. The second kappa shape index (κ2) is 4.78. The van der Waals surface area contributed by atoms with E-state index in [0.717, 1.165) is 25.9 Å². The summed E-state index contributed by atoms with van der Waals surface area (Å²) in [5, 5.41) is 13.4. The van der Waals surface area contributed by atoms with Gasteiger partial charge in [0.15, 0.2) is 0 Å². The van der Waals surface area contributed by atoms with E-state index in [2.05, 4.69) is 5.32 Å². The molecular weight excluding hydrogens is 194 g/mol. The quantitative estimate of drug-likeness (QED) is 0.692. The number of ether oxygens (including phenoxy) is 2. The number of aliphatic hydroxyl groups is 1. The van der Waals surface area contributed by atoms with Crippen LogP contribution in [0.1, 0.15) is 26.2 Å². The van der Waals surface area contributed by atoms with Crippen molar-refractivity contribution in [3.8, 4) is 0 Å². The second-order valence-electron chi connectivity index (χ2n) is 4.65. The highest BCUT2D eigenvalue weighted by Crippen LogP contribution is 2.24. The van der Waals surface area contributed by atoms with E-state index in [4.69, 9.17) is 9.47 Å². The molecule has 2 N–H and O–H groups in total. The molecule has 2 rings (SSSR count). The van der Waals surface area contributed by atoms with Crippen molar-refractivity contribution in [1.29, 1.82) is 0 Å². The normalized spacial score (nSPS) is 40.4. The third kappa shape index (κ3) is 2.91. The van der Waals surface area contributed by atoms with Crippen LogP contribution in [0.5, 0.6) is 0 Å². The lowest BCUT2D eigenvalue weighted by molar-refractivity contribution is -0.0222. The van der Waals surface area contributed by atoms with Gasteiger partial charge in [-0.3, -0.25) is 0 Å². The van der Waals surface area contributed by atoms with Gasteiger partial charge in [0, 0.05) is 32.2 Å². The fraction of sp³-hybridized carbons (Fsp3) is 1.00. The third-order valence-electron chi connectivity index (χ3n) is 3.30. The van der Waals surface area contributed by atoms with Gasteiger partial charge in [0.2, 0.25) is 0 Å². The molecule has 15 heavy (non-hydrogen) atoms. The van der Waals surface area contributed by atoms with Crippen molar-refractivity contribution >= 4 is 0 Å². The zero-order valence-electron chi connectivity index (χ0n) is 9.37. The fourth-order valence-corrected chi connectivity index (χ4v) is 2.17. The predicted molar refractivity (Wildman–Crippen MR) is 56.8 cm³/mol. The summed E-state index contributed by atoms with van der Waals surface area (Å²) >= 11 is 0. The molecular formula is C11H21NO3. The van der Waals surface area contributed by atoms with Crippen LogP contribution < -0.4 is 5.32 Å². The Hall–Kier alpha value is -0.160. The van der Waals surface area contributed by atoms with E-state index >= 15 is 0 Å². The van der Waals surface area contributed by atoms with Gasteiger partial charge < -0.3 is 19.9 Å². The van der Waals surface area contributed by atoms with Crippen molar-refractivity contribution < 1.29 is 14.6 Å². The van der Waals surface area contributed by atoms with Crippen LogP contribution in [0, 0.1) is 0 Å². The van der Waals surface area contributed by atoms with Gasteiger partial charge in [0.05, 0.1) is 12.7 Å². The maximum atomic E-state index is 10.0. The minimum absolute atomic E-state index is 0.432. The highest BCUT2D eigenvalue weighted by molar-refractivity contribution is 4.91. The molecule has 0 aromatic carbocycles. The SMILES string of the molecule is CCOC1CC(NCC2(O)CCOC2)C1. The smallest absolute Gasteiger partial charge is 0.102 e. The first-order chi connectivity index (χ1) is 7.22. The summed E-state index contributed by atoms with van der Waals surface area (Å²) in [6.07, 6.45) is 3.33. The van der Waals surface area contributed by atoms with Crippen molar-refractivity contribution in [2.24, 2.45) is 0 Å². The molecule has 0 aromatic rings. The molecule has 1 saturated heterocycles. The van der Waals surface area contributed by atoms with Crippen LogP contribution in [0.2, 0.25) is 0 Å². The molecule has 1 heterocycles. The Labute approximate surface area is 90.9 Å². The van der Waals surface area contributed by atoms with Gasteiger partial charge in [-0.15, -0.1) is 0 Å². The van der Waals surface area contributed by atoms with E-state index in [1.807, 2.05) is 6.92 Å². The lowest BCUT2D eigenvalue weighted by atomic mass is 9.88. The Kier molecular flexibility index (Phi) is 3.61. The molecule has 1 aliphatic carbocycles. The van der Waals surface area contributed by atoms with E-state index < -0.39 is 5.60 Å². The zero-order chi connectivity index (χ0) is 10.7. The first kappa shape index (κ1) is 11.3. The molecule has 2 fully saturated rings. The van der Waals surface area contributed by atoms with Crippen molar-refractivity contribution in [2.45, 2.75) is 43.9 Å². The van der Waals surface area contributed by atoms with Crippen LogP contribution in [0.15, 0.2) is 0 Å². The first-order valence-corrected chi connectivity index (χ1v) is 5.87. The van der Waals surface area contributed by atoms with Gasteiger partial charge in [0.1, 0.15) is 5.60 Å². The molecule has 1 aliphatic heterocycles. The van der Waals surface area contributed by atoms with Crippen LogP contribution in [0.25, 0.3) is 0 Å². The average molecular weight is 215 g/mol. The summed E-state index contributed by atoms with van der Waals surface area (Å²) in [5.74, 6) is 0. The molecule has 88 valence electrons. The molecule has 1 atom stereocenters. The number of hydrogen-bond donors (Lipinski definition) is 2. The fourth-order valence-electron chi connectivity index (χ4n) is 2.17. The molecule has 0 radical (unpaired) electrons. The van der Waals surface area contributed by atoms with E-state index in [0.29, 0.717) is 31.9 Å². The lowest BCUT2D eigenvalue weighted by Gasteiger charge is -2.37. The van der Waals surface area contributed by atoms with Crippen molar-refractivity contribution in [1.82, 2.24) is 5.32 Å². The highest BCUT2D eigenvalue weighted by atomic mass is 16.5. The number of rotatable bonds is 5. The van der Waals surface area contributed by atoms with Crippen molar-refractivity contribution in [3.05, 3.63) is 0 Å². The lowest BCUT2D eigenvalue weighted by Crippen LogP contribution is -2.51. The number of nitrogens with one attached hydrogen (secondary N) is 1. The van der Waals surface area contributed by atoms with Crippen LogP contribution >= 0.6 is 0 Å². The second-order valence-corrected chi connectivity index (χ2v) is 4.65. The van der Waals surface area contributed by atoms with Crippen LogP contribution in [0.3, 0.4) is 0 Å². The summed E-state index contributed by atoms with van der Waals surface area (Å²) < 4.78 is 10.7. The standard InChI is InChI=1S/C11H21NO3/c1-2-15-10-5-9(6-10)12-7-11(13)3-4-14-8-11/h9-10,12-13H,2-8H2,1H3. The topological polar surface area (TPSA) is 50.7 Å². The molecule has 2 aliphatic rings. The molecule has 0 amide bonds. The van der Waals surface area contributed by atoms with E-state index in [1.54, 1.807) is 0 Å². The largest absolute Gasteiger partial charge is 0.386 e. The Morgan fingerprint density at radius 2 is 2.33 bits per heavy atom. The maximum Gasteiger partial charge on any atom is 0.102 e. The average Bonchev–Trinajstić information content (AvgIpc) is 2.57. The number of hydrogen-bond acceptors (Lipinski definition) is 4. The van der Waals surface area contributed by atoms with Crippen LogP contribution in [-0.2, 0) is 9.47 Å². The van der Waals surface area contributed by atoms with Gasteiger partial charge in [-0.2, -0.15) is 0 Å². The van der Waals surface area contributed by atoms with E-state index in [-0.39, 0.29) is 0 Å². The predicted octanol–water partition coefficient (Wildman–Crippen LogP) is 0.295. The Morgan fingerprint density at radius 1 is 1.53 bits per heavy atom. The highest BCUT2D eigenvalue weighted by Gasteiger charge is 2.35. The monoisotopic (exact) mass is 215 g/mol. The summed E-state index contributed by atoms with van der Waals surface area (Å²) in [5.41, 5.74) is -0.628. The van der Waals surface area contributed by atoms with E-state index in [1.165, 1.54) is 0 Å². The van der Waals surface area contributed by atoms with E-state index in [9.17, 15) is 5.11 Å².